The van der Waals surface area contributed by atoms with E-state index in [1.165, 1.54) is 14.2 Å². The lowest BCUT2D eigenvalue weighted by atomic mass is 9.91. The van der Waals surface area contributed by atoms with Crippen LogP contribution in [0.15, 0.2) is 42.5 Å². The maximum Gasteiger partial charge on any atom is 0.177 e. The lowest BCUT2D eigenvalue weighted by Crippen LogP contribution is -2.14. The van der Waals surface area contributed by atoms with E-state index in [1.54, 1.807) is 49.6 Å². The lowest BCUT2D eigenvalue weighted by Gasteiger charge is -2.13. The first kappa shape index (κ1) is 16.5. The number of methoxy groups -OCH3 is 3. The predicted octanol–water partition coefficient (Wildman–Crippen LogP) is 2.88. The normalized spacial score (nSPS) is 11.4. The van der Waals surface area contributed by atoms with Crippen molar-refractivity contribution in [3.05, 3.63) is 53.6 Å². The van der Waals surface area contributed by atoms with Gasteiger partial charge in [-0.15, -0.1) is 0 Å². The number of carbonyl (C=O) groups is 2. The maximum absolute atomic E-state index is 12.6. The van der Waals surface area contributed by atoms with Crippen molar-refractivity contribution >= 4 is 12.1 Å². The molecular formula is C18H18O5. The van der Waals surface area contributed by atoms with E-state index in [0.717, 1.165) is 0 Å². The van der Waals surface area contributed by atoms with Crippen LogP contribution in [-0.4, -0.2) is 33.4 Å². The maximum atomic E-state index is 12.6. The van der Waals surface area contributed by atoms with Gasteiger partial charge in [0, 0.05) is 11.6 Å². The highest BCUT2D eigenvalue weighted by atomic mass is 16.5. The van der Waals surface area contributed by atoms with E-state index in [1.807, 2.05) is 0 Å². The molecule has 0 radical (unpaired) electrons. The molecule has 1 unspecified atom stereocenters. The van der Waals surface area contributed by atoms with E-state index in [9.17, 15) is 9.59 Å². The van der Waals surface area contributed by atoms with E-state index in [4.69, 9.17) is 14.2 Å². The molecule has 0 amide bonds. The zero-order valence-electron chi connectivity index (χ0n) is 13.2. The van der Waals surface area contributed by atoms with Crippen molar-refractivity contribution in [3.63, 3.8) is 0 Å². The van der Waals surface area contributed by atoms with Gasteiger partial charge in [-0.3, -0.25) is 4.79 Å². The number of carbonyl (C=O) groups excluding carboxylic acids is 2. The van der Waals surface area contributed by atoms with Crippen molar-refractivity contribution in [1.29, 1.82) is 0 Å². The summed E-state index contributed by atoms with van der Waals surface area (Å²) in [6.45, 7) is 0. The fraction of sp³-hybridized carbons (Fsp3) is 0.222. The summed E-state index contributed by atoms with van der Waals surface area (Å²) in [4.78, 5) is 24.1. The Morgan fingerprint density at radius 2 is 1.39 bits per heavy atom. The van der Waals surface area contributed by atoms with Crippen molar-refractivity contribution in [3.8, 4) is 17.2 Å². The van der Waals surface area contributed by atoms with Crippen molar-refractivity contribution < 1.29 is 23.8 Å². The molecule has 0 aliphatic carbocycles. The average molecular weight is 314 g/mol. The highest BCUT2D eigenvalue weighted by Crippen LogP contribution is 2.29. The largest absolute Gasteiger partial charge is 0.497 e. The highest BCUT2D eigenvalue weighted by molar-refractivity contribution is 6.09. The second-order valence-corrected chi connectivity index (χ2v) is 4.85. The molecule has 0 aliphatic heterocycles. The number of Topliss-reactive ketones (excluding diaryl/α,β-unsaturated/α-hetero) is 1. The minimum Gasteiger partial charge on any atom is -0.497 e. The van der Waals surface area contributed by atoms with Crippen LogP contribution in [0.5, 0.6) is 17.2 Å². The van der Waals surface area contributed by atoms with E-state index < -0.39 is 5.92 Å². The van der Waals surface area contributed by atoms with Crippen LogP contribution >= 0.6 is 0 Å². The summed E-state index contributed by atoms with van der Waals surface area (Å²) in [5.74, 6) is 0.472. The average Bonchev–Trinajstić information content (AvgIpc) is 2.61. The molecule has 2 rings (SSSR count). The van der Waals surface area contributed by atoms with Gasteiger partial charge in [0.25, 0.3) is 0 Å². The first-order chi connectivity index (χ1) is 11.1. The zero-order valence-corrected chi connectivity index (χ0v) is 13.2. The van der Waals surface area contributed by atoms with E-state index in [-0.39, 0.29) is 5.78 Å². The second kappa shape index (κ2) is 7.45. The Bertz CT molecular complexity index is 669. The summed E-state index contributed by atoms with van der Waals surface area (Å²) >= 11 is 0. The standard InChI is InChI=1S/C18H18O5/c1-21-14-6-4-12(5-7-14)18(20)17(11-19)13-8-15(22-2)10-16(9-13)23-3/h4-11,17H,1-3H3. The van der Waals surface area contributed by atoms with Crippen molar-refractivity contribution in [2.24, 2.45) is 0 Å². The monoisotopic (exact) mass is 314 g/mol. The van der Waals surface area contributed by atoms with Gasteiger partial charge in [-0.05, 0) is 42.0 Å². The number of hydrogen-bond acceptors (Lipinski definition) is 5. The minimum absolute atomic E-state index is 0.294. The Morgan fingerprint density at radius 3 is 1.83 bits per heavy atom. The van der Waals surface area contributed by atoms with Gasteiger partial charge in [-0.1, -0.05) is 0 Å². The summed E-state index contributed by atoms with van der Waals surface area (Å²) in [6.07, 6.45) is 0.626. The van der Waals surface area contributed by atoms with Gasteiger partial charge < -0.3 is 19.0 Å². The number of ketones is 1. The fourth-order valence-electron chi connectivity index (χ4n) is 2.24. The summed E-state index contributed by atoms with van der Waals surface area (Å²) in [7, 11) is 4.58. The molecule has 0 heterocycles. The van der Waals surface area contributed by atoms with Crippen LogP contribution in [0, 0.1) is 0 Å². The molecule has 0 aliphatic rings. The summed E-state index contributed by atoms with van der Waals surface area (Å²) in [5.41, 5.74) is 0.960. The smallest absolute Gasteiger partial charge is 0.177 e. The Hall–Kier alpha value is -2.82. The SMILES string of the molecule is COc1ccc(C(=O)C(C=O)c2cc(OC)cc(OC)c2)cc1. The number of hydrogen-bond donors (Lipinski definition) is 0. The molecule has 5 nitrogen and oxygen atoms in total. The second-order valence-electron chi connectivity index (χ2n) is 4.85. The molecule has 0 N–H and O–H groups in total. The Labute approximate surface area is 134 Å². The van der Waals surface area contributed by atoms with Gasteiger partial charge in [0.05, 0.1) is 21.3 Å². The minimum atomic E-state index is -0.924. The molecule has 0 saturated heterocycles. The molecule has 0 aromatic heterocycles. The van der Waals surface area contributed by atoms with Crippen molar-refractivity contribution in [2.45, 2.75) is 5.92 Å². The van der Waals surface area contributed by atoms with Crippen LogP contribution in [-0.2, 0) is 4.79 Å². The molecule has 5 heteroatoms. The van der Waals surface area contributed by atoms with Gasteiger partial charge in [0.2, 0.25) is 0 Å². The molecule has 2 aromatic rings. The van der Waals surface area contributed by atoms with Gasteiger partial charge >= 0.3 is 0 Å². The van der Waals surface area contributed by atoms with Gasteiger partial charge in [-0.2, -0.15) is 0 Å². The van der Waals surface area contributed by atoms with E-state index >= 15 is 0 Å². The molecule has 0 spiro atoms. The van der Waals surface area contributed by atoms with E-state index in [0.29, 0.717) is 34.7 Å². The van der Waals surface area contributed by atoms with Crippen LogP contribution in [0.4, 0.5) is 0 Å². The van der Waals surface area contributed by atoms with Crippen molar-refractivity contribution in [1.82, 2.24) is 0 Å². The van der Waals surface area contributed by atoms with Crippen LogP contribution < -0.4 is 14.2 Å². The predicted molar refractivity (Wildman–Crippen MR) is 85.7 cm³/mol. The molecule has 120 valence electrons. The van der Waals surface area contributed by atoms with Crippen LogP contribution in [0.2, 0.25) is 0 Å². The lowest BCUT2D eigenvalue weighted by molar-refractivity contribution is -0.108. The molecule has 0 fully saturated rings. The Morgan fingerprint density at radius 1 is 0.870 bits per heavy atom. The highest BCUT2D eigenvalue weighted by Gasteiger charge is 2.23. The number of benzene rings is 2. The van der Waals surface area contributed by atoms with Crippen LogP contribution in [0.3, 0.4) is 0 Å². The third-order valence-electron chi connectivity index (χ3n) is 3.53. The molecule has 0 saturated carbocycles. The summed E-state index contributed by atoms with van der Waals surface area (Å²) in [5, 5.41) is 0. The molecule has 0 bridgehead atoms. The topological polar surface area (TPSA) is 61.8 Å². The number of ether oxygens (including phenoxy) is 3. The van der Waals surface area contributed by atoms with Gasteiger partial charge in [0.15, 0.2) is 5.78 Å². The Balaban J connectivity index is 2.37. The molecular weight excluding hydrogens is 296 g/mol. The fourth-order valence-corrected chi connectivity index (χ4v) is 2.24. The van der Waals surface area contributed by atoms with Gasteiger partial charge in [-0.25, -0.2) is 0 Å². The molecule has 23 heavy (non-hydrogen) atoms. The van der Waals surface area contributed by atoms with Crippen LogP contribution in [0.25, 0.3) is 0 Å². The van der Waals surface area contributed by atoms with Gasteiger partial charge in [0.1, 0.15) is 29.5 Å². The molecule has 1 atom stereocenters. The number of rotatable bonds is 7. The third-order valence-corrected chi connectivity index (χ3v) is 3.53. The quantitative estimate of drug-likeness (QED) is 0.447. The van der Waals surface area contributed by atoms with Crippen LogP contribution in [0.1, 0.15) is 21.8 Å². The zero-order chi connectivity index (χ0) is 16.8. The first-order valence-corrected chi connectivity index (χ1v) is 6.99. The third kappa shape index (κ3) is 3.69. The van der Waals surface area contributed by atoms with Crippen molar-refractivity contribution in [2.75, 3.05) is 21.3 Å². The number of aldehydes is 1. The Kier molecular flexibility index (Phi) is 5.36. The van der Waals surface area contributed by atoms with E-state index in [2.05, 4.69) is 0 Å². The summed E-state index contributed by atoms with van der Waals surface area (Å²) < 4.78 is 15.4. The molecule has 2 aromatic carbocycles. The first-order valence-electron chi connectivity index (χ1n) is 6.99. The summed E-state index contributed by atoms with van der Waals surface area (Å²) in [6, 6.07) is 11.6.